The van der Waals surface area contributed by atoms with E-state index in [1.807, 2.05) is 36.0 Å². The molecule has 0 bridgehead atoms. The van der Waals surface area contributed by atoms with Gasteiger partial charge in [-0.15, -0.1) is 0 Å². The van der Waals surface area contributed by atoms with E-state index in [-0.39, 0.29) is 11.9 Å². The van der Waals surface area contributed by atoms with Crippen molar-refractivity contribution in [2.24, 2.45) is 7.05 Å². The van der Waals surface area contributed by atoms with Crippen molar-refractivity contribution in [2.75, 3.05) is 0 Å². The van der Waals surface area contributed by atoms with Gasteiger partial charge in [-0.2, -0.15) is 0 Å². The lowest BCUT2D eigenvalue weighted by Crippen LogP contribution is -2.31. The summed E-state index contributed by atoms with van der Waals surface area (Å²) in [6, 6.07) is 5.74. The Bertz CT molecular complexity index is 568. The van der Waals surface area contributed by atoms with Gasteiger partial charge in [-0.25, -0.2) is 0 Å². The topological polar surface area (TPSA) is 47.2 Å². The Balaban J connectivity index is 1.79. The summed E-state index contributed by atoms with van der Waals surface area (Å²) in [5.74, 6) is 0.986. The Hall–Kier alpha value is -1.97. The molecule has 0 unspecified atom stereocenters. The van der Waals surface area contributed by atoms with E-state index in [1.165, 1.54) is 0 Å². The van der Waals surface area contributed by atoms with Crippen LogP contribution in [0.15, 0.2) is 35.1 Å². The molecule has 18 heavy (non-hydrogen) atoms. The lowest BCUT2D eigenvalue weighted by atomic mass is 9.93. The highest BCUT2D eigenvalue weighted by Gasteiger charge is 2.24. The van der Waals surface area contributed by atoms with Crippen molar-refractivity contribution in [1.29, 1.82) is 0 Å². The predicted molar refractivity (Wildman–Crippen MR) is 67.3 cm³/mol. The van der Waals surface area contributed by atoms with Gasteiger partial charge in [0.2, 0.25) is 0 Å². The van der Waals surface area contributed by atoms with Crippen molar-refractivity contribution < 1.29 is 9.21 Å². The van der Waals surface area contributed by atoms with E-state index in [4.69, 9.17) is 4.42 Å². The number of carbonyl (C=O) groups is 1. The van der Waals surface area contributed by atoms with Gasteiger partial charge in [0.1, 0.15) is 11.5 Å². The Kier molecular flexibility index (Phi) is 2.70. The van der Waals surface area contributed by atoms with Gasteiger partial charge in [0.05, 0.1) is 12.3 Å². The van der Waals surface area contributed by atoms with Gasteiger partial charge in [0, 0.05) is 25.2 Å². The normalized spacial score (nSPS) is 18.4. The van der Waals surface area contributed by atoms with Crippen molar-refractivity contribution in [3.8, 4) is 0 Å². The summed E-state index contributed by atoms with van der Waals surface area (Å²) in [6.45, 7) is 0. The van der Waals surface area contributed by atoms with E-state index in [0.29, 0.717) is 5.69 Å². The van der Waals surface area contributed by atoms with Crippen LogP contribution in [0.1, 0.15) is 40.7 Å². The predicted octanol–water partition coefficient (Wildman–Crippen LogP) is 2.43. The lowest BCUT2D eigenvalue weighted by molar-refractivity contribution is 0.0924. The number of aryl methyl sites for hydroxylation is 2. The van der Waals surface area contributed by atoms with E-state index in [9.17, 15) is 4.79 Å². The number of hydrogen-bond acceptors (Lipinski definition) is 2. The Labute approximate surface area is 106 Å². The highest BCUT2D eigenvalue weighted by Crippen LogP contribution is 2.30. The molecule has 0 aliphatic heterocycles. The third kappa shape index (κ3) is 1.83. The molecule has 0 aromatic carbocycles. The molecule has 1 amide bonds. The van der Waals surface area contributed by atoms with Crippen molar-refractivity contribution in [2.45, 2.75) is 25.3 Å². The number of hydrogen-bond donors (Lipinski definition) is 1. The molecular weight excluding hydrogens is 228 g/mol. The van der Waals surface area contributed by atoms with Crippen LogP contribution in [0.5, 0.6) is 0 Å². The van der Waals surface area contributed by atoms with E-state index >= 15 is 0 Å². The van der Waals surface area contributed by atoms with Gasteiger partial charge in [-0.05, 0) is 31.0 Å². The minimum atomic E-state index is -0.0263. The number of aromatic nitrogens is 1. The molecular formula is C14H16N2O2. The van der Waals surface area contributed by atoms with Crippen LogP contribution in [0, 0.1) is 0 Å². The van der Waals surface area contributed by atoms with E-state index < -0.39 is 0 Å². The van der Waals surface area contributed by atoms with Crippen LogP contribution in [-0.4, -0.2) is 10.5 Å². The maximum atomic E-state index is 12.2. The van der Waals surface area contributed by atoms with Crippen LogP contribution in [0.4, 0.5) is 0 Å². The number of nitrogens with one attached hydrogen (secondary N) is 1. The molecule has 0 fully saturated rings. The van der Waals surface area contributed by atoms with Crippen LogP contribution in [-0.2, 0) is 13.5 Å². The summed E-state index contributed by atoms with van der Waals surface area (Å²) in [6.07, 6.45) is 6.58. The Morgan fingerprint density at radius 1 is 1.50 bits per heavy atom. The maximum Gasteiger partial charge on any atom is 0.268 e. The third-order valence-electron chi connectivity index (χ3n) is 3.53. The lowest BCUT2D eigenvalue weighted by Gasteiger charge is -2.22. The average Bonchev–Trinajstić information content (AvgIpc) is 2.97. The molecule has 0 saturated heterocycles. The highest BCUT2D eigenvalue weighted by molar-refractivity contribution is 5.93. The van der Waals surface area contributed by atoms with Gasteiger partial charge < -0.3 is 14.3 Å². The summed E-state index contributed by atoms with van der Waals surface area (Å²) in [5, 5.41) is 3.08. The number of rotatable bonds is 2. The Morgan fingerprint density at radius 2 is 2.39 bits per heavy atom. The molecule has 1 N–H and O–H groups in total. The molecule has 2 aromatic heterocycles. The third-order valence-corrected chi connectivity index (χ3v) is 3.53. The first-order valence-corrected chi connectivity index (χ1v) is 6.24. The summed E-state index contributed by atoms with van der Waals surface area (Å²) < 4.78 is 7.25. The van der Waals surface area contributed by atoms with Gasteiger partial charge in [0.25, 0.3) is 5.91 Å². The molecule has 1 atom stereocenters. The monoisotopic (exact) mass is 244 g/mol. The van der Waals surface area contributed by atoms with Crippen molar-refractivity contribution in [1.82, 2.24) is 9.88 Å². The molecule has 2 heterocycles. The molecule has 0 spiro atoms. The molecule has 1 aliphatic carbocycles. The molecule has 94 valence electrons. The standard InChI is InChI=1S/C14H16N2O2/c1-16-8-3-5-12(16)14(17)15-11-4-2-6-13-10(11)7-9-18-13/h3,5,7-9,11H,2,4,6H2,1H3,(H,15,17)/t11-/m0/s1. The molecule has 3 rings (SSSR count). The fourth-order valence-electron chi connectivity index (χ4n) is 2.57. The van der Waals surface area contributed by atoms with Crippen LogP contribution >= 0.6 is 0 Å². The number of fused-ring (bicyclic) bond motifs is 1. The number of furan rings is 1. The zero-order valence-corrected chi connectivity index (χ0v) is 10.3. The molecule has 2 aromatic rings. The van der Waals surface area contributed by atoms with Crippen molar-refractivity contribution in [3.05, 3.63) is 47.7 Å². The van der Waals surface area contributed by atoms with Gasteiger partial charge in [-0.1, -0.05) is 0 Å². The second-order valence-corrected chi connectivity index (χ2v) is 4.72. The summed E-state index contributed by atoms with van der Waals surface area (Å²) in [7, 11) is 1.87. The van der Waals surface area contributed by atoms with Gasteiger partial charge >= 0.3 is 0 Å². The minimum absolute atomic E-state index is 0.0263. The van der Waals surface area contributed by atoms with E-state index in [2.05, 4.69) is 5.32 Å². The first kappa shape index (κ1) is 11.1. The first-order chi connectivity index (χ1) is 8.75. The molecule has 4 nitrogen and oxygen atoms in total. The van der Waals surface area contributed by atoms with Crippen LogP contribution < -0.4 is 5.32 Å². The number of carbonyl (C=O) groups excluding carboxylic acids is 1. The quantitative estimate of drug-likeness (QED) is 0.882. The summed E-state index contributed by atoms with van der Waals surface area (Å²) >= 11 is 0. The second kappa shape index (κ2) is 4.37. The fourth-order valence-corrected chi connectivity index (χ4v) is 2.57. The zero-order chi connectivity index (χ0) is 12.5. The van der Waals surface area contributed by atoms with Crippen LogP contribution in [0.25, 0.3) is 0 Å². The molecule has 1 aliphatic rings. The summed E-state index contributed by atoms with van der Waals surface area (Å²) in [5.41, 5.74) is 1.81. The maximum absolute atomic E-state index is 12.2. The Morgan fingerprint density at radius 3 is 3.17 bits per heavy atom. The van der Waals surface area contributed by atoms with E-state index in [0.717, 1.165) is 30.6 Å². The average molecular weight is 244 g/mol. The van der Waals surface area contributed by atoms with Gasteiger partial charge in [0.15, 0.2) is 0 Å². The smallest absolute Gasteiger partial charge is 0.268 e. The number of amides is 1. The summed E-state index contributed by atoms with van der Waals surface area (Å²) in [4.78, 5) is 12.2. The van der Waals surface area contributed by atoms with E-state index in [1.54, 1.807) is 6.26 Å². The largest absolute Gasteiger partial charge is 0.469 e. The fraction of sp³-hybridized carbons (Fsp3) is 0.357. The highest BCUT2D eigenvalue weighted by atomic mass is 16.3. The van der Waals surface area contributed by atoms with Crippen molar-refractivity contribution in [3.63, 3.8) is 0 Å². The van der Waals surface area contributed by atoms with Crippen molar-refractivity contribution >= 4 is 5.91 Å². The molecule has 0 radical (unpaired) electrons. The SMILES string of the molecule is Cn1cccc1C(=O)N[C@H]1CCCc2occc21. The number of nitrogens with zero attached hydrogens (tertiary/aromatic N) is 1. The van der Waals surface area contributed by atoms with Crippen LogP contribution in [0.2, 0.25) is 0 Å². The zero-order valence-electron chi connectivity index (χ0n) is 10.3. The molecule has 4 heteroatoms. The van der Waals surface area contributed by atoms with Gasteiger partial charge in [-0.3, -0.25) is 4.79 Å². The molecule has 0 saturated carbocycles. The first-order valence-electron chi connectivity index (χ1n) is 6.24. The minimum Gasteiger partial charge on any atom is -0.469 e. The second-order valence-electron chi connectivity index (χ2n) is 4.72. The van der Waals surface area contributed by atoms with Crippen LogP contribution in [0.3, 0.4) is 0 Å².